The summed E-state index contributed by atoms with van der Waals surface area (Å²) in [5.41, 5.74) is 1.20. The first kappa shape index (κ1) is 20.8. The highest BCUT2D eigenvalue weighted by Crippen LogP contribution is 2.13. The maximum atomic E-state index is 11.7. The van der Waals surface area contributed by atoms with Crippen molar-refractivity contribution < 1.29 is 13.9 Å². The minimum atomic E-state index is -0.258. The van der Waals surface area contributed by atoms with Gasteiger partial charge in [-0.3, -0.25) is 4.99 Å². The number of nitrogens with zero attached hydrogens (tertiary/aromatic N) is 2. The molecule has 7 heteroatoms. The van der Waals surface area contributed by atoms with Crippen LogP contribution < -0.4 is 10.6 Å². The summed E-state index contributed by atoms with van der Waals surface area (Å²) in [4.78, 5) is 18.2. The maximum Gasteiger partial charge on any atom is 0.409 e. The molecule has 0 saturated carbocycles. The predicted molar refractivity (Wildman–Crippen MR) is 113 cm³/mol. The van der Waals surface area contributed by atoms with Gasteiger partial charge in [-0.05, 0) is 37.5 Å². The molecular formula is C22H30N4O3. The lowest BCUT2D eigenvalue weighted by molar-refractivity contribution is 0.111. The standard InChI is InChI=1S/C22H30N4O3/c1-17(18-7-4-3-5-8-18)24-21(23-13-10-20-9-6-16-29-20)25-19-11-14-26(15-12-19)22(27)28-2/h3-9,16-17,19H,10-15H2,1-2H3,(H2,23,24,25). The number of likely N-dealkylation sites (tertiary alicyclic amines) is 1. The summed E-state index contributed by atoms with van der Waals surface area (Å²) in [7, 11) is 1.42. The fourth-order valence-electron chi connectivity index (χ4n) is 3.42. The van der Waals surface area contributed by atoms with Crippen molar-refractivity contribution in [1.29, 1.82) is 0 Å². The van der Waals surface area contributed by atoms with Crippen molar-refractivity contribution in [3.05, 3.63) is 60.1 Å². The van der Waals surface area contributed by atoms with Crippen LogP contribution >= 0.6 is 0 Å². The van der Waals surface area contributed by atoms with Crippen molar-refractivity contribution in [3.63, 3.8) is 0 Å². The van der Waals surface area contributed by atoms with Gasteiger partial charge in [-0.25, -0.2) is 4.79 Å². The summed E-state index contributed by atoms with van der Waals surface area (Å²) in [5.74, 6) is 1.71. The number of piperidine rings is 1. The second kappa shape index (κ2) is 10.5. The molecule has 3 rings (SSSR count). The third kappa shape index (κ3) is 6.27. The zero-order valence-electron chi connectivity index (χ0n) is 17.1. The SMILES string of the molecule is COC(=O)N1CCC(NC(=NCCc2ccco2)NC(C)c2ccccc2)CC1. The first-order valence-corrected chi connectivity index (χ1v) is 10.1. The van der Waals surface area contributed by atoms with Crippen LogP contribution in [-0.4, -0.2) is 49.7 Å². The third-order valence-corrected chi connectivity index (χ3v) is 5.13. The Labute approximate surface area is 172 Å². The van der Waals surface area contributed by atoms with Gasteiger partial charge in [0.15, 0.2) is 5.96 Å². The van der Waals surface area contributed by atoms with Crippen LogP contribution in [-0.2, 0) is 11.2 Å². The van der Waals surface area contributed by atoms with Crippen molar-refractivity contribution in [1.82, 2.24) is 15.5 Å². The number of aliphatic imine (C=N–C) groups is 1. The van der Waals surface area contributed by atoms with Crippen LogP contribution in [0.2, 0.25) is 0 Å². The first-order chi connectivity index (χ1) is 14.2. The zero-order chi connectivity index (χ0) is 20.5. The topological polar surface area (TPSA) is 79.1 Å². The molecule has 1 aliphatic heterocycles. The number of hydrogen-bond donors (Lipinski definition) is 2. The Kier molecular flexibility index (Phi) is 7.55. The lowest BCUT2D eigenvalue weighted by Crippen LogP contribution is -2.50. The van der Waals surface area contributed by atoms with Gasteiger partial charge in [0.2, 0.25) is 0 Å². The van der Waals surface area contributed by atoms with E-state index in [4.69, 9.17) is 14.1 Å². The molecule has 156 valence electrons. The summed E-state index contributed by atoms with van der Waals surface area (Å²) in [6, 6.07) is 14.5. The van der Waals surface area contributed by atoms with Crippen LogP contribution in [0.4, 0.5) is 4.79 Å². The molecule has 1 atom stereocenters. The Morgan fingerprint density at radius 3 is 2.66 bits per heavy atom. The maximum absolute atomic E-state index is 11.7. The van der Waals surface area contributed by atoms with Crippen molar-refractivity contribution in [3.8, 4) is 0 Å². The number of guanidine groups is 1. The van der Waals surface area contributed by atoms with Crippen molar-refractivity contribution >= 4 is 12.1 Å². The van der Waals surface area contributed by atoms with Crippen LogP contribution in [0, 0.1) is 0 Å². The summed E-state index contributed by atoms with van der Waals surface area (Å²) in [6.45, 7) is 4.11. The second-order valence-corrected chi connectivity index (χ2v) is 7.21. The van der Waals surface area contributed by atoms with E-state index < -0.39 is 0 Å². The Hall–Kier alpha value is -2.96. The van der Waals surface area contributed by atoms with E-state index in [1.54, 1.807) is 11.2 Å². The number of amides is 1. The van der Waals surface area contributed by atoms with Crippen LogP contribution in [0.25, 0.3) is 0 Å². The van der Waals surface area contributed by atoms with Crippen LogP contribution in [0.5, 0.6) is 0 Å². The van der Waals surface area contributed by atoms with E-state index in [-0.39, 0.29) is 18.2 Å². The number of rotatable bonds is 6. The molecule has 1 fully saturated rings. The quantitative estimate of drug-likeness (QED) is 0.576. The minimum Gasteiger partial charge on any atom is -0.469 e. The molecule has 7 nitrogen and oxygen atoms in total. The van der Waals surface area contributed by atoms with Gasteiger partial charge in [0.25, 0.3) is 0 Å². The molecule has 1 aromatic heterocycles. The van der Waals surface area contributed by atoms with Gasteiger partial charge in [-0.1, -0.05) is 30.3 Å². The van der Waals surface area contributed by atoms with E-state index in [0.717, 1.165) is 31.0 Å². The van der Waals surface area contributed by atoms with Gasteiger partial charge >= 0.3 is 6.09 Å². The Morgan fingerprint density at radius 2 is 2.00 bits per heavy atom. The average Bonchev–Trinajstić information content (AvgIpc) is 3.28. The molecule has 2 aromatic rings. The van der Waals surface area contributed by atoms with E-state index in [9.17, 15) is 4.79 Å². The van der Waals surface area contributed by atoms with E-state index in [1.807, 2.05) is 30.3 Å². The minimum absolute atomic E-state index is 0.126. The van der Waals surface area contributed by atoms with Gasteiger partial charge in [-0.2, -0.15) is 0 Å². The van der Waals surface area contributed by atoms with E-state index in [2.05, 4.69) is 29.7 Å². The second-order valence-electron chi connectivity index (χ2n) is 7.21. The number of hydrogen-bond acceptors (Lipinski definition) is 4. The van der Waals surface area contributed by atoms with Gasteiger partial charge in [0.1, 0.15) is 5.76 Å². The average molecular weight is 399 g/mol. The molecule has 2 heterocycles. The summed E-state index contributed by atoms with van der Waals surface area (Å²) in [6.07, 6.45) is 3.89. The van der Waals surface area contributed by atoms with Gasteiger partial charge in [0.05, 0.1) is 19.4 Å². The smallest absolute Gasteiger partial charge is 0.409 e. The summed E-state index contributed by atoms with van der Waals surface area (Å²) < 4.78 is 10.2. The predicted octanol–water partition coefficient (Wildman–Crippen LogP) is 3.35. The fraction of sp³-hybridized carbons (Fsp3) is 0.455. The van der Waals surface area contributed by atoms with Crippen LogP contribution in [0.3, 0.4) is 0 Å². The summed E-state index contributed by atoms with van der Waals surface area (Å²) in [5, 5.41) is 7.05. The lowest BCUT2D eigenvalue weighted by atomic mass is 10.1. The molecule has 1 saturated heterocycles. The third-order valence-electron chi connectivity index (χ3n) is 5.13. The van der Waals surface area contributed by atoms with Crippen LogP contribution in [0.1, 0.15) is 37.1 Å². The number of carbonyl (C=O) groups excluding carboxylic acids is 1. The first-order valence-electron chi connectivity index (χ1n) is 10.1. The molecule has 0 aliphatic carbocycles. The van der Waals surface area contributed by atoms with E-state index in [0.29, 0.717) is 19.6 Å². The number of carbonyl (C=O) groups is 1. The highest BCUT2D eigenvalue weighted by atomic mass is 16.5. The molecule has 0 radical (unpaired) electrons. The zero-order valence-corrected chi connectivity index (χ0v) is 17.1. The normalized spacial score (nSPS) is 16.3. The number of methoxy groups -OCH3 is 1. The molecule has 0 spiro atoms. The van der Waals surface area contributed by atoms with E-state index >= 15 is 0 Å². The molecule has 29 heavy (non-hydrogen) atoms. The fourth-order valence-corrected chi connectivity index (χ4v) is 3.42. The van der Waals surface area contributed by atoms with E-state index in [1.165, 1.54) is 12.7 Å². The Bertz CT molecular complexity index is 769. The van der Waals surface area contributed by atoms with Gasteiger partial charge in [-0.15, -0.1) is 0 Å². The molecule has 1 unspecified atom stereocenters. The monoisotopic (exact) mass is 398 g/mol. The van der Waals surface area contributed by atoms with Crippen molar-refractivity contribution in [2.75, 3.05) is 26.7 Å². The number of benzene rings is 1. The molecule has 2 N–H and O–H groups in total. The highest BCUT2D eigenvalue weighted by molar-refractivity contribution is 5.80. The molecule has 1 amide bonds. The highest BCUT2D eigenvalue weighted by Gasteiger charge is 2.24. The molecular weight excluding hydrogens is 368 g/mol. The number of ether oxygens (including phenoxy) is 1. The largest absolute Gasteiger partial charge is 0.469 e. The summed E-state index contributed by atoms with van der Waals surface area (Å²) >= 11 is 0. The number of furan rings is 1. The molecule has 1 aromatic carbocycles. The Morgan fingerprint density at radius 1 is 1.24 bits per heavy atom. The molecule has 0 bridgehead atoms. The van der Waals surface area contributed by atoms with Gasteiger partial charge < -0.3 is 24.7 Å². The number of nitrogens with one attached hydrogen (secondary N) is 2. The van der Waals surface area contributed by atoms with Gasteiger partial charge in [0, 0.05) is 32.1 Å². The van der Waals surface area contributed by atoms with Crippen LogP contribution in [0.15, 0.2) is 58.1 Å². The van der Waals surface area contributed by atoms with Crippen molar-refractivity contribution in [2.24, 2.45) is 4.99 Å². The lowest BCUT2D eigenvalue weighted by Gasteiger charge is -2.32. The Balaban J connectivity index is 1.60. The molecule has 1 aliphatic rings. The van der Waals surface area contributed by atoms with Crippen molar-refractivity contribution in [2.45, 2.75) is 38.3 Å².